The van der Waals surface area contributed by atoms with Crippen LogP contribution in [0.5, 0.6) is 0 Å². The van der Waals surface area contributed by atoms with E-state index in [1.807, 2.05) is 27.7 Å². The van der Waals surface area contributed by atoms with E-state index >= 15 is 0 Å². The highest BCUT2D eigenvalue weighted by Crippen LogP contribution is 2.29. The van der Waals surface area contributed by atoms with E-state index in [9.17, 15) is 4.79 Å². The molecule has 0 aliphatic carbocycles. The predicted octanol–water partition coefficient (Wildman–Crippen LogP) is 0.771. The normalized spacial score (nSPS) is 16.5. The van der Waals surface area contributed by atoms with Gasteiger partial charge in [-0.05, 0) is 12.1 Å². The number of aromatic nitrogens is 3. The van der Waals surface area contributed by atoms with Gasteiger partial charge in [-0.2, -0.15) is 0 Å². The minimum absolute atomic E-state index is 0.0392. The molecular formula is C14H16N6O. The second kappa shape index (κ2) is 4.76. The van der Waals surface area contributed by atoms with Crippen LogP contribution in [0.2, 0.25) is 0 Å². The van der Waals surface area contributed by atoms with E-state index in [0.717, 1.165) is 36.8 Å². The maximum absolute atomic E-state index is 12.8. The molecule has 0 fully saturated rings. The molecule has 0 unspecified atom stereocenters. The van der Waals surface area contributed by atoms with Crippen molar-refractivity contribution in [2.45, 2.75) is 13.1 Å². The minimum atomic E-state index is 0.0392. The van der Waals surface area contributed by atoms with Gasteiger partial charge in [0.2, 0.25) is 0 Å². The molecule has 0 saturated carbocycles. The molecule has 4 rings (SSSR count). The summed E-state index contributed by atoms with van der Waals surface area (Å²) < 4.78 is 1.99. The molecule has 21 heavy (non-hydrogen) atoms. The first-order chi connectivity index (χ1) is 10.3. The Morgan fingerprint density at radius 1 is 1.19 bits per heavy atom. The number of hydrogen-bond donors (Lipinski definition) is 2. The Balaban J connectivity index is 1.64. The lowest BCUT2D eigenvalue weighted by atomic mass is 10.1. The molecule has 1 aromatic carbocycles. The topological polar surface area (TPSA) is 75.1 Å². The summed E-state index contributed by atoms with van der Waals surface area (Å²) in [4.78, 5) is 14.6. The molecule has 3 heterocycles. The number of nitrogens with zero attached hydrogens (tertiary/aromatic N) is 4. The molecule has 7 heteroatoms. The van der Waals surface area contributed by atoms with Crippen molar-refractivity contribution in [3.63, 3.8) is 0 Å². The third-order valence-corrected chi connectivity index (χ3v) is 3.96. The molecule has 0 saturated heterocycles. The number of fused-ring (bicyclic) bond motifs is 2. The fourth-order valence-corrected chi connectivity index (χ4v) is 2.86. The van der Waals surface area contributed by atoms with Crippen molar-refractivity contribution in [1.82, 2.24) is 19.7 Å². The fourth-order valence-electron chi connectivity index (χ4n) is 2.86. The number of nitrogens with one attached hydrogen (secondary N) is 2. The highest BCUT2D eigenvalue weighted by Gasteiger charge is 2.26. The number of rotatable bonds is 1. The largest absolute Gasteiger partial charge is 0.382 e. The van der Waals surface area contributed by atoms with Crippen LogP contribution >= 0.6 is 0 Å². The third-order valence-electron chi connectivity index (χ3n) is 3.96. The standard InChI is InChI=1S/C14H16N6O/c21-14(19-6-7-20-9-17-18-12(20)8-19)10-2-1-3-11-13(10)16-5-4-15-11/h1-3,9,15-16H,4-8H2. The molecule has 2 aliphatic rings. The summed E-state index contributed by atoms with van der Waals surface area (Å²) in [5.41, 5.74) is 2.61. The highest BCUT2D eigenvalue weighted by molar-refractivity contribution is 6.02. The first-order valence-corrected chi connectivity index (χ1v) is 7.09. The van der Waals surface area contributed by atoms with Gasteiger partial charge >= 0.3 is 0 Å². The summed E-state index contributed by atoms with van der Waals surface area (Å²) in [6.07, 6.45) is 1.72. The molecule has 108 valence electrons. The van der Waals surface area contributed by atoms with Crippen LogP contribution in [0.15, 0.2) is 24.5 Å². The maximum Gasteiger partial charge on any atom is 0.256 e. The van der Waals surface area contributed by atoms with Crippen LogP contribution in [0.3, 0.4) is 0 Å². The Hall–Kier alpha value is -2.57. The van der Waals surface area contributed by atoms with Crippen molar-refractivity contribution >= 4 is 17.3 Å². The van der Waals surface area contributed by atoms with Gasteiger partial charge in [-0.1, -0.05) is 6.07 Å². The van der Waals surface area contributed by atoms with E-state index in [-0.39, 0.29) is 5.91 Å². The lowest BCUT2D eigenvalue weighted by molar-refractivity contribution is 0.0708. The van der Waals surface area contributed by atoms with Gasteiger partial charge in [-0.15, -0.1) is 10.2 Å². The molecule has 1 aromatic heterocycles. The highest BCUT2D eigenvalue weighted by atomic mass is 16.2. The first-order valence-electron chi connectivity index (χ1n) is 7.09. The molecule has 2 aliphatic heterocycles. The van der Waals surface area contributed by atoms with E-state index in [0.29, 0.717) is 18.7 Å². The first kappa shape index (κ1) is 12.2. The van der Waals surface area contributed by atoms with E-state index in [1.165, 1.54) is 0 Å². The SMILES string of the molecule is O=C(c1cccc2c1NCCN2)N1CCn2cnnc2C1. The summed E-state index contributed by atoms with van der Waals surface area (Å²) in [6, 6.07) is 5.78. The summed E-state index contributed by atoms with van der Waals surface area (Å²) in [7, 11) is 0. The lowest BCUT2D eigenvalue weighted by Gasteiger charge is -2.29. The monoisotopic (exact) mass is 284 g/mol. The Morgan fingerprint density at radius 2 is 2.10 bits per heavy atom. The molecule has 0 radical (unpaired) electrons. The third kappa shape index (κ3) is 2.01. The number of benzene rings is 1. The van der Waals surface area contributed by atoms with E-state index in [4.69, 9.17) is 0 Å². The number of amides is 1. The molecule has 1 amide bonds. The van der Waals surface area contributed by atoms with Gasteiger partial charge in [0.25, 0.3) is 5.91 Å². The van der Waals surface area contributed by atoms with Crippen molar-refractivity contribution in [2.24, 2.45) is 0 Å². The van der Waals surface area contributed by atoms with Crippen molar-refractivity contribution < 1.29 is 4.79 Å². The smallest absolute Gasteiger partial charge is 0.256 e. The summed E-state index contributed by atoms with van der Waals surface area (Å²) in [5, 5.41) is 14.6. The van der Waals surface area contributed by atoms with Crippen molar-refractivity contribution in [2.75, 3.05) is 30.3 Å². The van der Waals surface area contributed by atoms with Crippen molar-refractivity contribution in [3.05, 3.63) is 35.9 Å². The van der Waals surface area contributed by atoms with E-state index in [2.05, 4.69) is 20.8 Å². The minimum Gasteiger partial charge on any atom is -0.382 e. The van der Waals surface area contributed by atoms with Gasteiger partial charge in [-0.3, -0.25) is 4.79 Å². The average molecular weight is 284 g/mol. The molecule has 7 nitrogen and oxygen atoms in total. The molecule has 2 aromatic rings. The second-order valence-corrected chi connectivity index (χ2v) is 5.25. The van der Waals surface area contributed by atoms with Crippen LogP contribution in [-0.2, 0) is 13.1 Å². The van der Waals surface area contributed by atoms with Crippen LogP contribution < -0.4 is 10.6 Å². The molecule has 0 atom stereocenters. The fraction of sp³-hybridized carbons (Fsp3) is 0.357. The summed E-state index contributed by atoms with van der Waals surface area (Å²) in [6.45, 7) is 3.63. The maximum atomic E-state index is 12.8. The van der Waals surface area contributed by atoms with Gasteiger partial charge in [0.15, 0.2) is 5.82 Å². The summed E-state index contributed by atoms with van der Waals surface area (Å²) in [5.74, 6) is 0.878. The zero-order valence-corrected chi connectivity index (χ0v) is 11.5. The Morgan fingerprint density at radius 3 is 3.05 bits per heavy atom. The number of carbonyl (C=O) groups excluding carboxylic acids is 1. The van der Waals surface area contributed by atoms with Crippen LogP contribution in [0, 0.1) is 0 Å². The molecule has 0 spiro atoms. The van der Waals surface area contributed by atoms with Gasteiger partial charge in [-0.25, -0.2) is 0 Å². The van der Waals surface area contributed by atoms with E-state index in [1.54, 1.807) is 6.33 Å². The number of hydrogen-bond acceptors (Lipinski definition) is 5. The Labute approximate surface area is 122 Å². The van der Waals surface area contributed by atoms with Crippen LogP contribution in [-0.4, -0.2) is 45.2 Å². The molecular weight excluding hydrogens is 268 g/mol. The van der Waals surface area contributed by atoms with Crippen LogP contribution in [0.25, 0.3) is 0 Å². The Kier molecular flexibility index (Phi) is 2.77. The van der Waals surface area contributed by atoms with Crippen LogP contribution in [0.4, 0.5) is 11.4 Å². The Bertz CT molecular complexity index is 695. The quantitative estimate of drug-likeness (QED) is 0.809. The number of anilines is 2. The van der Waals surface area contributed by atoms with Crippen molar-refractivity contribution in [1.29, 1.82) is 0 Å². The van der Waals surface area contributed by atoms with Gasteiger partial charge in [0.1, 0.15) is 6.33 Å². The second-order valence-electron chi connectivity index (χ2n) is 5.25. The zero-order chi connectivity index (χ0) is 14.2. The van der Waals surface area contributed by atoms with Gasteiger partial charge in [0, 0.05) is 26.2 Å². The average Bonchev–Trinajstić information content (AvgIpc) is 3.01. The number of carbonyl (C=O) groups is 1. The van der Waals surface area contributed by atoms with Crippen molar-refractivity contribution in [3.8, 4) is 0 Å². The number of para-hydroxylation sites is 1. The molecule has 2 N–H and O–H groups in total. The lowest BCUT2D eigenvalue weighted by Crippen LogP contribution is -2.39. The van der Waals surface area contributed by atoms with Gasteiger partial charge < -0.3 is 20.1 Å². The predicted molar refractivity (Wildman–Crippen MR) is 78.2 cm³/mol. The molecule has 0 bridgehead atoms. The summed E-state index contributed by atoms with van der Waals surface area (Å²) >= 11 is 0. The van der Waals surface area contributed by atoms with Crippen LogP contribution in [0.1, 0.15) is 16.2 Å². The zero-order valence-electron chi connectivity index (χ0n) is 11.5. The van der Waals surface area contributed by atoms with Gasteiger partial charge in [0.05, 0.1) is 23.5 Å². The van der Waals surface area contributed by atoms with E-state index < -0.39 is 0 Å².